The van der Waals surface area contributed by atoms with E-state index in [1.165, 1.54) is 27.2 Å². The predicted octanol–water partition coefficient (Wildman–Crippen LogP) is 4.60. The molecule has 24 heavy (non-hydrogen) atoms. The number of amides is 1. The van der Waals surface area contributed by atoms with Gasteiger partial charge in [-0.05, 0) is 31.0 Å². The van der Waals surface area contributed by atoms with Crippen LogP contribution in [0.3, 0.4) is 0 Å². The minimum absolute atomic E-state index is 0.00186. The van der Waals surface area contributed by atoms with Crippen LogP contribution in [0.5, 0.6) is 0 Å². The number of carbonyl (C=O) groups is 1. The second kappa shape index (κ2) is 7.73. The molecule has 2 heterocycles. The summed E-state index contributed by atoms with van der Waals surface area (Å²) in [5.41, 5.74) is 2.43. The van der Waals surface area contributed by atoms with Crippen LogP contribution in [0.1, 0.15) is 27.2 Å². The quantitative estimate of drug-likeness (QED) is 0.701. The highest BCUT2D eigenvalue weighted by Gasteiger charge is 2.12. The number of aryl methyl sites for hydroxylation is 3. The summed E-state index contributed by atoms with van der Waals surface area (Å²) < 4.78 is 0. The molecule has 0 aliphatic rings. The predicted molar refractivity (Wildman–Crippen MR) is 102 cm³/mol. The van der Waals surface area contributed by atoms with Crippen LogP contribution in [0.4, 0.5) is 0 Å². The van der Waals surface area contributed by atoms with Gasteiger partial charge in [0.15, 0.2) is 0 Å². The number of rotatable bonds is 6. The summed E-state index contributed by atoms with van der Waals surface area (Å²) in [6, 6.07) is 14.7. The van der Waals surface area contributed by atoms with Gasteiger partial charge in [-0.2, -0.15) is 0 Å². The average Bonchev–Trinajstić information content (AvgIpc) is 3.18. The van der Waals surface area contributed by atoms with Gasteiger partial charge in [0.1, 0.15) is 0 Å². The monoisotopic (exact) mass is 356 g/mol. The molecule has 0 fully saturated rings. The molecule has 0 radical (unpaired) electrons. The fraction of sp³-hybridized carbons (Fsp3) is 0.263. The Morgan fingerprint density at radius 3 is 2.62 bits per heavy atom. The highest BCUT2D eigenvalue weighted by molar-refractivity contribution is 7.16. The standard InChI is InChI=1S/C19H20N2OS2/c1-13-19(17-10-9-16(24-17)12-20-14(2)22)21-18(23-13)11-8-15-6-4-3-5-7-15/h3-7,9-10H,8,11-12H2,1-2H3,(H,20,22). The van der Waals surface area contributed by atoms with Gasteiger partial charge < -0.3 is 5.32 Å². The largest absolute Gasteiger partial charge is 0.351 e. The molecule has 124 valence electrons. The molecule has 0 atom stereocenters. The summed E-state index contributed by atoms with van der Waals surface area (Å²) in [6.45, 7) is 4.26. The van der Waals surface area contributed by atoms with Crippen molar-refractivity contribution < 1.29 is 4.79 Å². The van der Waals surface area contributed by atoms with Crippen molar-refractivity contribution in [1.82, 2.24) is 10.3 Å². The molecule has 0 aliphatic heterocycles. The molecule has 3 nitrogen and oxygen atoms in total. The van der Waals surface area contributed by atoms with Crippen molar-refractivity contribution in [3.63, 3.8) is 0 Å². The molecule has 5 heteroatoms. The molecule has 1 amide bonds. The van der Waals surface area contributed by atoms with Gasteiger partial charge in [0.2, 0.25) is 5.91 Å². The van der Waals surface area contributed by atoms with Crippen molar-refractivity contribution in [2.24, 2.45) is 0 Å². The first-order valence-electron chi connectivity index (χ1n) is 7.95. The second-order valence-corrected chi connectivity index (χ2v) is 8.13. The van der Waals surface area contributed by atoms with E-state index in [1.807, 2.05) is 6.07 Å². The zero-order valence-electron chi connectivity index (χ0n) is 13.8. The number of carbonyl (C=O) groups excluding carboxylic acids is 1. The van der Waals surface area contributed by atoms with Crippen molar-refractivity contribution >= 4 is 28.6 Å². The van der Waals surface area contributed by atoms with Crippen molar-refractivity contribution in [3.8, 4) is 10.6 Å². The maximum absolute atomic E-state index is 11.0. The molecular formula is C19H20N2OS2. The molecule has 0 saturated carbocycles. The van der Waals surface area contributed by atoms with E-state index in [0.29, 0.717) is 6.54 Å². The molecule has 3 aromatic rings. The normalized spacial score (nSPS) is 10.8. The minimum Gasteiger partial charge on any atom is -0.351 e. The van der Waals surface area contributed by atoms with Crippen molar-refractivity contribution in [2.45, 2.75) is 33.2 Å². The number of benzene rings is 1. The SMILES string of the molecule is CC(=O)NCc1ccc(-c2nc(CCc3ccccc3)sc2C)s1. The van der Waals surface area contributed by atoms with E-state index in [1.54, 1.807) is 22.7 Å². The van der Waals surface area contributed by atoms with E-state index in [9.17, 15) is 4.79 Å². The Hall–Kier alpha value is -1.98. The lowest BCUT2D eigenvalue weighted by atomic mass is 10.1. The van der Waals surface area contributed by atoms with Gasteiger partial charge in [0, 0.05) is 23.1 Å². The smallest absolute Gasteiger partial charge is 0.217 e. The van der Waals surface area contributed by atoms with Crippen molar-refractivity contribution in [3.05, 3.63) is 62.8 Å². The first-order valence-corrected chi connectivity index (χ1v) is 9.59. The van der Waals surface area contributed by atoms with E-state index in [4.69, 9.17) is 4.98 Å². The van der Waals surface area contributed by atoms with E-state index in [2.05, 4.69) is 48.6 Å². The Morgan fingerprint density at radius 2 is 1.88 bits per heavy atom. The summed E-state index contributed by atoms with van der Waals surface area (Å²) >= 11 is 3.48. The van der Waals surface area contributed by atoms with Gasteiger partial charge in [-0.15, -0.1) is 22.7 Å². The fourth-order valence-electron chi connectivity index (χ4n) is 2.49. The van der Waals surface area contributed by atoms with Gasteiger partial charge in [0.05, 0.1) is 22.1 Å². The summed E-state index contributed by atoms with van der Waals surface area (Å²) in [7, 11) is 0. The first kappa shape index (κ1) is 16.9. The van der Waals surface area contributed by atoms with Gasteiger partial charge in [-0.25, -0.2) is 4.98 Å². The zero-order chi connectivity index (χ0) is 16.9. The minimum atomic E-state index is -0.00186. The molecule has 1 aromatic carbocycles. The fourth-order valence-corrected chi connectivity index (χ4v) is 4.50. The van der Waals surface area contributed by atoms with Crippen molar-refractivity contribution in [2.75, 3.05) is 0 Å². The van der Waals surface area contributed by atoms with Crippen LogP contribution in [0.2, 0.25) is 0 Å². The Morgan fingerprint density at radius 1 is 1.08 bits per heavy atom. The first-order chi connectivity index (χ1) is 11.6. The highest BCUT2D eigenvalue weighted by Crippen LogP contribution is 2.33. The van der Waals surface area contributed by atoms with Crippen LogP contribution in [0.15, 0.2) is 42.5 Å². The molecular weight excluding hydrogens is 336 g/mol. The molecule has 0 unspecified atom stereocenters. The molecule has 1 N–H and O–H groups in total. The molecule has 0 spiro atoms. The van der Waals surface area contributed by atoms with Crippen LogP contribution >= 0.6 is 22.7 Å². The summed E-state index contributed by atoms with van der Waals surface area (Å²) in [5.74, 6) is -0.00186. The van der Waals surface area contributed by atoms with E-state index in [0.717, 1.165) is 23.4 Å². The van der Waals surface area contributed by atoms with Gasteiger partial charge >= 0.3 is 0 Å². The maximum atomic E-state index is 11.0. The maximum Gasteiger partial charge on any atom is 0.217 e. The Bertz CT molecular complexity index is 821. The second-order valence-electron chi connectivity index (χ2n) is 5.67. The molecule has 3 rings (SSSR count). The summed E-state index contributed by atoms with van der Waals surface area (Å²) in [5, 5.41) is 4.02. The van der Waals surface area contributed by atoms with E-state index < -0.39 is 0 Å². The Kier molecular flexibility index (Phi) is 5.43. The highest BCUT2D eigenvalue weighted by atomic mass is 32.1. The van der Waals surface area contributed by atoms with Crippen molar-refractivity contribution in [1.29, 1.82) is 0 Å². The van der Waals surface area contributed by atoms with Crippen LogP contribution in [-0.4, -0.2) is 10.9 Å². The topological polar surface area (TPSA) is 42.0 Å². The Labute approximate surface area is 150 Å². The van der Waals surface area contributed by atoms with Gasteiger partial charge in [-0.3, -0.25) is 4.79 Å². The molecule has 0 bridgehead atoms. The third kappa shape index (κ3) is 4.30. The molecule has 2 aromatic heterocycles. The zero-order valence-corrected chi connectivity index (χ0v) is 15.5. The lowest BCUT2D eigenvalue weighted by Gasteiger charge is -1.98. The van der Waals surface area contributed by atoms with Gasteiger partial charge in [0.25, 0.3) is 0 Å². The van der Waals surface area contributed by atoms with Crippen LogP contribution < -0.4 is 5.32 Å². The summed E-state index contributed by atoms with van der Waals surface area (Å²) in [6.07, 6.45) is 1.99. The number of aromatic nitrogens is 1. The van der Waals surface area contributed by atoms with E-state index in [-0.39, 0.29) is 5.91 Å². The van der Waals surface area contributed by atoms with Crippen LogP contribution in [-0.2, 0) is 24.2 Å². The molecule has 0 saturated heterocycles. The lowest BCUT2D eigenvalue weighted by Crippen LogP contribution is -2.17. The third-order valence-corrected chi connectivity index (χ3v) is 5.84. The average molecular weight is 357 g/mol. The van der Waals surface area contributed by atoms with E-state index >= 15 is 0 Å². The number of hydrogen-bond donors (Lipinski definition) is 1. The lowest BCUT2D eigenvalue weighted by molar-refractivity contribution is -0.119. The number of nitrogens with one attached hydrogen (secondary N) is 1. The third-order valence-electron chi connectivity index (χ3n) is 3.72. The number of hydrogen-bond acceptors (Lipinski definition) is 4. The van der Waals surface area contributed by atoms with Gasteiger partial charge in [-0.1, -0.05) is 30.3 Å². The Balaban J connectivity index is 1.68. The number of thiophene rings is 1. The number of thiazole rings is 1. The number of nitrogens with zero attached hydrogens (tertiary/aromatic N) is 1. The van der Waals surface area contributed by atoms with Crippen LogP contribution in [0.25, 0.3) is 10.6 Å². The van der Waals surface area contributed by atoms with Crippen LogP contribution in [0, 0.1) is 6.92 Å². The molecule has 0 aliphatic carbocycles. The summed E-state index contributed by atoms with van der Waals surface area (Å²) in [4.78, 5) is 19.5.